The number of aromatic nitrogens is 7. The first-order valence-corrected chi connectivity index (χ1v) is 11.8. The predicted octanol–water partition coefficient (Wildman–Crippen LogP) is 4.45. The summed E-state index contributed by atoms with van der Waals surface area (Å²) in [7, 11) is 0. The largest absolute Gasteiger partial charge is 0.252 e. The van der Waals surface area contributed by atoms with E-state index in [9.17, 15) is 8.78 Å². The Labute approximate surface area is 206 Å². The standard InChI is InChI=1S/C26H22F2N8/c1-25(2)16-8-10-26(25,20-9-12-30-24(32-20)36-14-31-21(35-36)7-4-11-29)23-15(16)13-19(33-34-23)22-17(27)5-3-6-18(22)28/h3,5-6,9,12-14,16H,4,7-8,10H2,1-2H3/t16-,26+/m0/s1. The van der Waals surface area contributed by atoms with Crippen molar-refractivity contribution in [3.8, 4) is 23.3 Å². The van der Waals surface area contributed by atoms with Crippen molar-refractivity contribution in [1.29, 1.82) is 5.26 Å². The zero-order chi connectivity index (χ0) is 25.1. The molecule has 1 aromatic carbocycles. The summed E-state index contributed by atoms with van der Waals surface area (Å²) >= 11 is 0. The summed E-state index contributed by atoms with van der Waals surface area (Å²) in [5.41, 5.74) is 1.79. The number of aryl methyl sites for hydroxylation is 1. The molecular formula is C26H22F2N8. The fourth-order valence-electron chi connectivity index (χ4n) is 6.13. The fraction of sp³-hybridized carbons (Fsp3) is 0.346. The van der Waals surface area contributed by atoms with Crippen LogP contribution in [0.4, 0.5) is 8.78 Å². The topological polar surface area (TPSA) is 106 Å². The fourth-order valence-corrected chi connectivity index (χ4v) is 6.13. The highest BCUT2D eigenvalue weighted by molar-refractivity contribution is 5.64. The molecule has 0 saturated heterocycles. The van der Waals surface area contributed by atoms with Crippen LogP contribution in [-0.4, -0.2) is 34.9 Å². The van der Waals surface area contributed by atoms with E-state index in [1.54, 1.807) is 18.6 Å². The van der Waals surface area contributed by atoms with Gasteiger partial charge in [-0.05, 0) is 54.0 Å². The zero-order valence-electron chi connectivity index (χ0n) is 19.8. The molecule has 2 bridgehead atoms. The second kappa shape index (κ2) is 7.95. The maximum Gasteiger partial charge on any atom is 0.252 e. The number of nitriles is 1. The lowest BCUT2D eigenvalue weighted by Gasteiger charge is -2.37. The minimum absolute atomic E-state index is 0.138. The molecule has 180 valence electrons. The molecule has 3 heterocycles. The Morgan fingerprint density at radius 3 is 2.72 bits per heavy atom. The van der Waals surface area contributed by atoms with Gasteiger partial charge in [-0.15, -0.1) is 10.2 Å². The van der Waals surface area contributed by atoms with Crippen LogP contribution in [0.15, 0.2) is 42.9 Å². The number of benzene rings is 1. The summed E-state index contributed by atoms with van der Waals surface area (Å²) in [5, 5.41) is 22.1. The van der Waals surface area contributed by atoms with Crippen molar-refractivity contribution >= 4 is 0 Å². The molecule has 1 fully saturated rings. The van der Waals surface area contributed by atoms with Crippen molar-refractivity contribution in [3.05, 3.63) is 77.3 Å². The number of hydrogen-bond donors (Lipinski definition) is 0. The number of nitrogens with zero attached hydrogens (tertiary/aromatic N) is 8. The van der Waals surface area contributed by atoms with E-state index in [4.69, 9.17) is 10.2 Å². The molecular weight excluding hydrogens is 462 g/mol. The van der Waals surface area contributed by atoms with Gasteiger partial charge in [0.25, 0.3) is 5.95 Å². The molecule has 3 aromatic heterocycles. The van der Waals surface area contributed by atoms with Gasteiger partial charge in [-0.25, -0.2) is 23.7 Å². The summed E-state index contributed by atoms with van der Waals surface area (Å²) in [5.74, 6) is -0.259. The van der Waals surface area contributed by atoms with Crippen LogP contribution >= 0.6 is 0 Å². The Balaban J connectivity index is 1.45. The van der Waals surface area contributed by atoms with Crippen molar-refractivity contribution in [2.24, 2.45) is 5.41 Å². The average Bonchev–Trinajstić information content (AvgIpc) is 3.50. The lowest BCUT2D eigenvalue weighted by atomic mass is 9.66. The van der Waals surface area contributed by atoms with Crippen LogP contribution < -0.4 is 0 Å². The molecule has 36 heavy (non-hydrogen) atoms. The summed E-state index contributed by atoms with van der Waals surface area (Å²) in [4.78, 5) is 13.5. The Morgan fingerprint density at radius 1 is 1.14 bits per heavy atom. The molecule has 0 aliphatic heterocycles. The molecule has 8 nitrogen and oxygen atoms in total. The van der Waals surface area contributed by atoms with Gasteiger partial charge in [0.1, 0.15) is 18.0 Å². The van der Waals surface area contributed by atoms with Crippen molar-refractivity contribution < 1.29 is 8.78 Å². The molecule has 0 unspecified atom stereocenters. The van der Waals surface area contributed by atoms with Gasteiger partial charge < -0.3 is 0 Å². The van der Waals surface area contributed by atoms with E-state index in [-0.39, 0.29) is 22.6 Å². The second-order valence-corrected chi connectivity index (χ2v) is 9.85. The van der Waals surface area contributed by atoms with Gasteiger partial charge >= 0.3 is 0 Å². The van der Waals surface area contributed by atoms with E-state index in [1.165, 1.54) is 22.9 Å². The maximum absolute atomic E-state index is 14.5. The normalized spacial score (nSPS) is 21.4. The molecule has 0 spiro atoms. The Morgan fingerprint density at radius 2 is 1.94 bits per heavy atom. The SMILES string of the molecule is CC1(C)[C@H]2CC[C@@]1(c1ccnc(-n3cnc(CCC#N)n3)n1)c1nnc(-c3c(F)cccc3F)cc12. The van der Waals surface area contributed by atoms with Gasteiger partial charge in [-0.3, -0.25) is 0 Å². The minimum Gasteiger partial charge on any atom is -0.220 e. The number of hydrogen-bond acceptors (Lipinski definition) is 7. The van der Waals surface area contributed by atoms with E-state index in [0.717, 1.165) is 29.8 Å². The molecule has 0 N–H and O–H groups in total. The number of rotatable bonds is 5. The summed E-state index contributed by atoms with van der Waals surface area (Å²) in [6, 6.07) is 9.56. The van der Waals surface area contributed by atoms with Crippen LogP contribution in [0.25, 0.3) is 17.2 Å². The molecule has 0 radical (unpaired) electrons. The molecule has 2 atom stereocenters. The van der Waals surface area contributed by atoms with Gasteiger partial charge in [0, 0.05) is 19.0 Å². The average molecular weight is 485 g/mol. The molecule has 10 heteroatoms. The highest BCUT2D eigenvalue weighted by Crippen LogP contribution is 2.69. The summed E-state index contributed by atoms with van der Waals surface area (Å²) in [6.45, 7) is 4.37. The van der Waals surface area contributed by atoms with Crippen LogP contribution in [0.3, 0.4) is 0 Å². The number of halogens is 2. The first kappa shape index (κ1) is 22.3. The van der Waals surface area contributed by atoms with Crippen LogP contribution in [0.1, 0.15) is 61.8 Å². The maximum atomic E-state index is 14.5. The molecule has 6 rings (SSSR count). The van der Waals surface area contributed by atoms with Crippen molar-refractivity contribution in [1.82, 2.24) is 34.9 Å². The summed E-state index contributed by atoms with van der Waals surface area (Å²) < 4.78 is 30.5. The predicted molar refractivity (Wildman–Crippen MR) is 125 cm³/mol. The Kier molecular flexibility index (Phi) is 4.93. The van der Waals surface area contributed by atoms with Crippen LogP contribution in [-0.2, 0) is 11.8 Å². The van der Waals surface area contributed by atoms with E-state index < -0.39 is 17.0 Å². The van der Waals surface area contributed by atoms with Gasteiger partial charge in [0.05, 0.1) is 34.1 Å². The van der Waals surface area contributed by atoms with Crippen LogP contribution in [0.5, 0.6) is 0 Å². The monoisotopic (exact) mass is 484 g/mol. The van der Waals surface area contributed by atoms with Gasteiger partial charge in [0.2, 0.25) is 0 Å². The number of fused-ring (bicyclic) bond motifs is 5. The lowest BCUT2D eigenvalue weighted by molar-refractivity contribution is 0.242. The van der Waals surface area contributed by atoms with E-state index in [2.05, 4.69) is 45.2 Å². The first-order valence-electron chi connectivity index (χ1n) is 11.8. The summed E-state index contributed by atoms with van der Waals surface area (Å²) in [6.07, 6.45) is 5.74. The molecule has 2 aliphatic carbocycles. The highest BCUT2D eigenvalue weighted by atomic mass is 19.1. The quantitative estimate of drug-likeness (QED) is 0.412. The van der Waals surface area contributed by atoms with Gasteiger partial charge in [-0.2, -0.15) is 15.0 Å². The zero-order valence-corrected chi connectivity index (χ0v) is 19.8. The Hall–Kier alpha value is -4.13. The molecule has 1 saturated carbocycles. The van der Waals surface area contributed by atoms with Crippen LogP contribution in [0.2, 0.25) is 0 Å². The third-order valence-corrected chi connectivity index (χ3v) is 7.89. The van der Waals surface area contributed by atoms with Crippen molar-refractivity contribution in [2.45, 2.75) is 50.9 Å². The van der Waals surface area contributed by atoms with E-state index in [0.29, 0.717) is 24.6 Å². The smallest absolute Gasteiger partial charge is 0.220 e. The molecule has 2 aliphatic rings. The molecule has 0 amide bonds. The van der Waals surface area contributed by atoms with Gasteiger partial charge in [0.15, 0.2) is 5.82 Å². The van der Waals surface area contributed by atoms with Crippen molar-refractivity contribution in [3.63, 3.8) is 0 Å². The van der Waals surface area contributed by atoms with Gasteiger partial charge in [-0.1, -0.05) is 19.9 Å². The van der Waals surface area contributed by atoms with E-state index >= 15 is 0 Å². The Bertz CT molecular complexity index is 1520. The minimum atomic E-state index is -0.663. The van der Waals surface area contributed by atoms with E-state index in [1.807, 2.05) is 6.07 Å². The lowest BCUT2D eigenvalue weighted by Crippen LogP contribution is -2.38. The second-order valence-electron chi connectivity index (χ2n) is 9.85. The molecule has 4 aromatic rings. The third-order valence-electron chi connectivity index (χ3n) is 7.89. The first-order chi connectivity index (χ1) is 17.4. The van der Waals surface area contributed by atoms with Crippen molar-refractivity contribution in [2.75, 3.05) is 0 Å². The highest BCUT2D eigenvalue weighted by Gasteiger charge is 2.65. The third kappa shape index (κ3) is 3.02. The van der Waals surface area contributed by atoms with Crippen LogP contribution in [0, 0.1) is 28.4 Å².